The molecule has 1 aromatic carbocycles. The predicted molar refractivity (Wildman–Crippen MR) is 110 cm³/mol. The first-order chi connectivity index (χ1) is 12.2. The third-order valence-corrected chi connectivity index (χ3v) is 5.72. The Labute approximate surface area is 165 Å². The number of anilines is 1. The molecule has 0 radical (unpaired) electrons. The Morgan fingerprint density at radius 3 is 2.35 bits per heavy atom. The highest BCUT2D eigenvalue weighted by atomic mass is 35.5. The van der Waals surface area contributed by atoms with Crippen LogP contribution in [-0.2, 0) is 13.0 Å². The average Bonchev–Trinajstić information content (AvgIpc) is 3.05. The summed E-state index contributed by atoms with van der Waals surface area (Å²) in [5.41, 5.74) is 7.00. The van der Waals surface area contributed by atoms with Crippen LogP contribution in [0.4, 0.5) is 5.13 Å². The molecule has 5 nitrogen and oxygen atoms in total. The van der Waals surface area contributed by atoms with E-state index in [-0.39, 0.29) is 12.4 Å². The Bertz CT molecular complexity index is 665. The van der Waals surface area contributed by atoms with Gasteiger partial charge < -0.3 is 15.2 Å². The van der Waals surface area contributed by atoms with Crippen LogP contribution >= 0.6 is 23.7 Å². The predicted octanol–water partition coefficient (Wildman–Crippen LogP) is 4.01. The van der Waals surface area contributed by atoms with Crippen LogP contribution in [-0.4, -0.2) is 37.2 Å². The van der Waals surface area contributed by atoms with E-state index < -0.39 is 0 Å². The van der Waals surface area contributed by atoms with Gasteiger partial charge in [0, 0.05) is 23.7 Å². The molecule has 2 N–H and O–H groups in total. The second-order valence-electron chi connectivity index (χ2n) is 6.64. The molecule has 0 amide bonds. The minimum absolute atomic E-state index is 0. The second-order valence-corrected chi connectivity index (χ2v) is 7.79. The molecule has 0 spiro atoms. The fourth-order valence-electron chi connectivity index (χ4n) is 3.43. The molecule has 1 aromatic heterocycles. The SMILES string of the molecule is COc1cc(CCC2CCN(Cc3cnc(N)s3)CC2)cc(OC)c1.Cl. The summed E-state index contributed by atoms with van der Waals surface area (Å²) in [6, 6.07) is 6.16. The van der Waals surface area contributed by atoms with Gasteiger partial charge in [-0.2, -0.15) is 0 Å². The zero-order chi connectivity index (χ0) is 17.6. The van der Waals surface area contributed by atoms with Crippen molar-refractivity contribution in [3.05, 3.63) is 34.8 Å². The number of thiazole rings is 1. The number of likely N-dealkylation sites (tertiary alicyclic amines) is 1. The lowest BCUT2D eigenvalue weighted by molar-refractivity contribution is 0.173. The monoisotopic (exact) mass is 397 g/mol. The van der Waals surface area contributed by atoms with Gasteiger partial charge in [0.15, 0.2) is 5.13 Å². The number of hydrogen-bond donors (Lipinski definition) is 1. The molecule has 1 aliphatic rings. The Balaban J connectivity index is 0.00000243. The highest BCUT2D eigenvalue weighted by Crippen LogP contribution is 2.28. The maximum atomic E-state index is 5.71. The number of ether oxygens (including phenoxy) is 2. The lowest BCUT2D eigenvalue weighted by Crippen LogP contribution is -2.33. The van der Waals surface area contributed by atoms with Gasteiger partial charge in [-0.25, -0.2) is 4.98 Å². The molecule has 2 heterocycles. The molecule has 26 heavy (non-hydrogen) atoms. The number of nitrogens with zero attached hydrogens (tertiary/aromatic N) is 2. The van der Waals surface area contributed by atoms with Gasteiger partial charge in [-0.3, -0.25) is 4.90 Å². The number of aryl methyl sites for hydroxylation is 1. The van der Waals surface area contributed by atoms with E-state index in [1.165, 1.54) is 29.7 Å². The van der Waals surface area contributed by atoms with Crippen molar-refractivity contribution in [2.45, 2.75) is 32.2 Å². The molecular formula is C19H28ClN3O2S. The van der Waals surface area contributed by atoms with E-state index in [2.05, 4.69) is 22.0 Å². The maximum Gasteiger partial charge on any atom is 0.180 e. The van der Waals surface area contributed by atoms with E-state index in [0.29, 0.717) is 5.13 Å². The van der Waals surface area contributed by atoms with Gasteiger partial charge in [0.2, 0.25) is 0 Å². The average molecular weight is 398 g/mol. The molecule has 2 aromatic rings. The second kappa shape index (κ2) is 10.00. The topological polar surface area (TPSA) is 60.6 Å². The number of benzene rings is 1. The van der Waals surface area contributed by atoms with E-state index in [1.807, 2.05) is 12.3 Å². The van der Waals surface area contributed by atoms with Crippen LogP contribution in [0, 0.1) is 5.92 Å². The van der Waals surface area contributed by atoms with Crippen molar-refractivity contribution >= 4 is 28.9 Å². The lowest BCUT2D eigenvalue weighted by Gasteiger charge is -2.31. The summed E-state index contributed by atoms with van der Waals surface area (Å²) in [6.07, 6.45) is 6.72. The first-order valence-electron chi connectivity index (χ1n) is 8.80. The Kier molecular flexibility index (Phi) is 8.00. The molecule has 0 unspecified atom stereocenters. The first kappa shape index (κ1) is 20.8. The maximum absolute atomic E-state index is 5.71. The third kappa shape index (κ3) is 5.76. The molecule has 0 saturated carbocycles. The molecule has 0 atom stereocenters. The van der Waals surface area contributed by atoms with E-state index >= 15 is 0 Å². The van der Waals surface area contributed by atoms with Crippen molar-refractivity contribution in [1.82, 2.24) is 9.88 Å². The summed E-state index contributed by atoms with van der Waals surface area (Å²) in [6.45, 7) is 3.29. The van der Waals surface area contributed by atoms with E-state index in [1.54, 1.807) is 25.6 Å². The van der Waals surface area contributed by atoms with Gasteiger partial charge in [0.1, 0.15) is 11.5 Å². The van der Waals surface area contributed by atoms with Gasteiger partial charge in [0.25, 0.3) is 0 Å². The molecule has 3 rings (SSSR count). The third-order valence-electron chi connectivity index (χ3n) is 4.91. The molecule has 1 saturated heterocycles. The summed E-state index contributed by atoms with van der Waals surface area (Å²) in [5.74, 6) is 2.53. The summed E-state index contributed by atoms with van der Waals surface area (Å²) in [5, 5.41) is 0.665. The molecule has 0 bridgehead atoms. The Hall–Kier alpha value is -1.50. The van der Waals surface area contributed by atoms with Gasteiger partial charge >= 0.3 is 0 Å². The van der Waals surface area contributed by atoms with Crippen LogP contribution < -0.4 is 15.2 Å². The number of nitrogens with two attached hydrogens (primary N) is 1. The number of hydrogen-bond acceptors (Lipinski definition) is 6. The molecule has 0 aliphatic carbocycles. The Morgan fingerprint density at radius 1 is 1.15 bits per heavy atom. The minimum Gasteiger partial charge on any atom is -0.497 e. The van der Waals surface area contributed by atoms with Crippen molar-refractivity contribution in [1.29, 1.82) is 0 Å². The summed E-state index contributed by atoms with van der Waals surface area (Å²) >= 11 is 1.60. The van der Waals surface area contributed by atoms with Crippen molar-refractivity contribution in [3.8, 4) is 11.5 Å². The standard InChI is InChI=1S/C19H27N3O2S.ClH/c1-23-16-9-15(10-17(11-16)24-2)4-3-14-5-7-22(8-6-14)13-18-12-21-19(20)25-18;/h9-12,14H,3-8,13H2,1-2H3,(H2,20,21);1H. The van der Waals surface area contributed by atoms with Crippen molar-refractivity contribution < 1.29 is 9.47 Å². The summed E-state index contributed by atoms with van der Waals surface area (Å²) in [7, 11) is 3.40. The van der Waals surface area contributed by atoms with Gasteiger partial charge in [-0.15, -0.1) is 23.7 Å². The van der Waals surface area contributed by atoms with Gasteiger partial charge in [-0.1, -0.05) is 0 Å². The van der Waals surface area contributed by atoms with Crippen molar-refractivity contribution in [3.63, 3.8) is 0 Å². The first-order valence-corrected chi connectivity index (χ1v) is 9.62. The number of nitrogen functional groups attached to an aromatic ring is 1. The fourth-order valence-corrected chi connectivity index (χ4v) is 4.16. The highest BCUT2D eigenvalue weighted by molar-refractivity contribution is 7.15. The molecule has 144 valence electrons. The minimum atomic E-state index is 0. The largest absolute Gasteiger partial charge is 0.497 e. The van der Waals surface area contributed by atoms with Crippen LogP contribution in [0.15, 0.2) is 24.4 Å². The zero-order valence-electron chi connectivity index (χ0n) is 15.4. The normalized spacial score (nSPS) is 15.5. The van der Waals surface area contributed by atoms with Crippen LogP contribution in [0.1, 0.15) is 29.7 Å². The van der Waals surface area contributed by atoms with Crippen molar-refractivity contribution in [2.24, 2.45) is 5.92 Å². The van der Waals surface area contributed by atoms with E-state index in [0.717, 1.165) is 43.5 Å². The van der Waals surface area contributed by atoms with Gasteiger partial charge in [0.05, 0.1) is 14.2 Å². The van der Waals surface area contributed by atoms with E-state index in [4.69, 9.17) is 15.2 Å². The fraction of sp³-hybridized carbons (Fsp3) is 0.526. The van der Waals surface area contributed by atoms with Crippen LogP contribution in [0.25, 0.3) is 0 Å². The summed E-state index contributed by atoms with van der Waals surface area (Å²) in [4.78, 5) is 7.91. The quantitative estimate of drug-likeness (QED) is 0.764. The molecular weight excluding hydrogens is 370 g/mol. The van der Waals surface area contributed by atoms with Crippen LogP contribution in [0.3, 0.4) is 0 Å². The molecule has 1 aliphatic heterocycles. The highest BCUT2D eigenvalue weighted by Gasteiger charge is 2.20. The number of halogens is 1. The summed E-state index contributed by atoms with van der Waals surface area (Å²) < 4.78 is 10.7. The van der Waals surface area contributed by atoms with E-state index in [9.17, 15) is 0 Å². The number of piperidine rings is 1. The smallest absolute Gasteiger partial charge is 0.180 e. The van der Waals surface area contributed by atoms with Gasteiger partial charge in [-0.05, 0) is 62.4 Å². The number of aromatic nitrogens is 1. The van der Waals surface area contributed by atoms with Crippen LogP contribution in [0.2, 0.25) is 0 Å². The number of rotatable bonds is 7. The van der Waals surface area contributed by atoms with Crippen LogP contribution in [0.5, 0.6) is 11.5 Å². The Morgan fingerprint density at radius 2 is 1.81 bits per heavy atom. The molecule has 1 fully saturated rings. The zero-order valence-corrected chi connectivity index (χ0v) is 17.1. The lowest BCUT2D eigenvalue weighted by atomic mass is 9.90. The van der Waals surface area contributed by atoms with Crippen molar-refractivity contribution in [2.75, 3.05) is 33.0 Å². The number of methoxy groups -OCH3 is 2. The molecule has 7 heteroatoms.